The molecule has 0 aromatic heterocycles. The van der Waals surface area contributed by atoms with E-state index in [2.05, 4.69) is 11.4 Å². The summed E-state index contributed by atoms with van der Waals surface area (Å²) in [6.45, 7) is 2.81. The molecule has 1 atom stereocenters. The van der Waals surface area contributed by atoms with E-state index < -0.39 is 0 Å². The molecule has 0 bridgehead atoms. The maximum absolute atomic E-state index is 13.2. The Morgan fingerprint density at radius 2 is 2.00 bits per heavy atom. The first-order valence-corrected chi connectivity index (χ1v) is 7.13. The quantitative estimate of drug-likeness (QED) is 0.864. The average Bonchev–Trinajstić information content (AvgIpc) is 2.41. The molecule has 0 saturated heterocycles. The second kappa shape index (κ2) is 6.87. The van der Waals surface area contributed by atoms with E-state index in [9.17, 15) is 4.39 Å². The highest BCUT2D eigenvalue weighted by Gasteiger charge is 2.13. The summed E-state index contributed by atoms with van der Waals surface area (Å²) in [6.07, 6.45) is 0.868. The lowest BCUT2D eigenvalue weighted by Gasteiger charge is -2.18. The molecule has 0 heterocycles. The lowest BCUT2D eigenvalue weighted by molar-refractivity contribution is 0.613. The average molecular weight is 292 g/mol. The maximum Gasteiger partial charge on any atom is 0.123 e. The lowest BCUT2D eigenvalue weighted by Crippen LogP contribution is -2.19. The van der Waals surface area contributed by atoms with Gasteiger partial charge in [-0.15, -0.1) is 0 Å². The molecule has 0 amide bonds. The van der Waals surface area contributed by atoms with Gasteiger partial charge in [-0.25, -0.2) is 4.39 Å². The third kappa shape index (κ3) is 3.81. The van der Waals surface area contributed by atoms with Crippen molar-refractivity contribution in [2.24, 2.45) is 0 Å². The Bertz CT molecular complexity index is 583. The Morgan fingerprint density at radius 1 is 1.20 bits per heavy atom. The smallest absolute Gasteiger partial charge is 0.123 e. The number of halogens is 2. The third-order valence-electron chi connectivity index (χ3n) is 3.54. The Kier molecular flexibility index (Phi) is 5.16. The molecule has 0 spiro atoms. The fourth-order valence-electron chi connectivity index (χ4n) is 2.47. The minimum absolute atomic E-state index is 0.181. The largest absolute Gasteiger partial charge is 0.319 e. The molecule has 0 aliphatic carbocycles. The first-order valence-electron chi connectivity index (χ1n) is 6.75. The Labute approximate surface area is 124 Å². The predicted octanol–water partition coefficient (Wildman–Crippen LogP) is 4.33. The van der Waals surface area contributed by atoms with Gasteiger partial charge in [-0.3, -0.25) is 0 Å². The fourth-order valence-corrected chi connectivity index (χ4v) is 2.67. The van der Waals surface area contributed by atoms with Crippen molar-refractivity contribution in [3.63, 3.8) is 0 Å². The molecule has 1 nitrogen and oxygen atoms in total. The van der Waals surface area contributed by atoms with Crippen LogP contribution in [0.4, 0.5) is 4.39 Å². The number of benzene rings is 2. The molecule has 1 unspecified atom stereocenters. The van der Waals surface area contributed by atoms with Gasteiger partial charge in [0.1, 0.15) is 5.82 Å². The molecule has 0 fully saturated rings. The molecule has 20 heavy (non-hydrogen) atoms. The molecule has 3 heteroatoms. The molecule has 2 aromatic carbocycles. The third-order valence-corrected chi connectivity index (χ3v) is 3.78. The zero-order valence-electron chi connectivity index (χ0n) is 11.8. The number of aryl methyl sites for hydroxylation is 1. The van der Waals surface area contributed by atoms with Crippen molar-refractivity contribution < 1.29 is 4.39 Å². The van der Waals surface area contributed by atoms with Crippen molar-refractivity contribution in [2.45, 2.75) is 19.3 Å². The van der Waals surface area contributed by atoms with E-state index in [1.165, 1.54) is 17.2 Å². The van der Waals surface area contributed by atoms with Crippen molar-refractivity contribution in [3.8, 4) is 0 Å². The van der Waals surface area contributed by atoms with Crippen molar-refractivity contribution in [1.29, 1.82) is 0 Å². The van der Waals surface area contributed by atoms with Gasteiger partial charge in [0.2, 0.25) is 0 Å². The summed E-state index contributed by atoms with van der Waals surface area (Å²) in [5.41, 5.74) is 3.37. The Balaban J connectivity index is 2.25. The van der Waals surface area contributed by atoms with Crippen LogP contribution in [0.2, 0.25) is 5.02 Å². The number of hydrogen-bond acceptors (Lipinski definition) is 1. The van der Waals surface area contributed by atoms with Gasteiger partial charge in [-0.1, -0.05) is 29.8 Å². The van der Waals surface area contributed by atoms with Gasteiger partial charge in [0, 0.05) is 17.5 Å². The molecular weight excluding hydrogens is 273 g/mol. The zero-order valence-corrected chi connectivity index (χ0v) is 12.5. The fraction of sp³-hybridized carbons (Fsp3) is 0.294. The number of likely N-dealkylation sites (N-methyl/N-ethyl adjacent to an activating group) is 1. The van der Waals surface area contributed by atoms with Crippen molar-refractivity contribution in [2.75, 3.05) is 13.6 Å². The van der Waals surface area contributed by atoms with Gasteiger partial charge in [-0.2, -0.15) is 0 Å². The minimum atomic E-state index is -0.181. The zero-order chi connectivity index (χ0) is 14.5. The molecule has 2 rings (SSSR count). The van der Waals surface area contributed by atoms with E-state index in [1.54, 1.807) is 6.07 Å². The molecular formula is C17H19ClFN. The number of rotatable bonds is 5. The van der Waals surface area contributed by atoms with Gasteiger partial charge in [0.15, 0.2) is 0 Å². The summed E-state index contributed by atoms with van der Waals surface area (Å²) in [5.74, 6) is 0.141. The highest BCUT2D eigenvalue weighted by molar-refractivity contribution is 6.30. The van der Waals surface area contributed by atoms with Crippen LogP contribution >= 0.6 is 11.6 Å². The molecule has 2 aromatic rings. The minimum Gasteiger partial charge on any atom is -0.319 e. The van der Waals surface area contributed by atoms with Crippen molar-refractivity contribution >= 4 is 11.6 Å². The van der Waals surface area contributed by atoms with Crippen LogP contribution in [0.25, 0.3) is 0 Å². The van der Waals surface area contributed by atoms with E-state index in [0.717, 1.165) is 23.6 Å². The number of hydrogen-bond donors (Lipinski definition) is 1. The molecule has 106 valence electrons. The lowest BCUT2D eigenvalue weighted by atomic mass is 9.90. The first kappa shape index (κ1) is 15.0. The molecule has 0 radical (unpaired) electrons. The summed E-state index contributed by atoms with van der Waals surface area (Å²) in [4.78, 5) is 0. The van der Waals surface area contributed by atoms with Crippen molar-refractivity contribution in [1.82, 2.24) is 5.32 Å². The van der Waals surface area contributed by atoms with Crippen LogP contribution in [0.1, 0.15) is 22.6 Å². The SMILES string of the molecule is CNCC(Cc1ccc(F)cc1C)c1cccc(Cl)c1. The van der Waals surface area contributed by atoms with E-state index in [0.29, 0.717) is 5.92 Å². The van der Waals surface area contributed by atoms with Crippen LogP contribution in [0.3, 0.4) is 0 Å². The van der Waals surface area contributed by atoms with E-state index >= 15 is 0 Å². The van der Waals surface area contributed by atoms with Crippen LogP contribution in [-0.4, -0.2) is 13.6 Å². The second-order valence-corrected chi connectivity index (χ2v) is 5.52. The van der Waals surface area contributed by atoms with Gasteiger partial charge in [-0.05, 0) is 61.3 Å². The molecule has 0 saturated carbocycles. The van der Waals surface area contributed by atoms with Crippen LogP contribution < -0.4 is 5.32 Å². The monoisotopic (exact) mass is 291 g/mol. The summed E-state index contributed by atoms with van der Waals surface area (Å²) in [5, 5.41) is 3.97. The van der Waals surface area contributed by atoms with E-state index in [-0.39, 0.29) is 5.82 Å². The first-order chi connectivity index (χ1) is 9.60. The van der Waals surface area contributed by atoms with Crippen molar-refractivity contribution in [3.05, 3.63) is 70.0 Å². The van der Waals surface area contributed by atoms with Gasteiger partial charge in [0.25, 0.3) is 0 Å². The maximum atomic E-state index is 13.2. The van der Waals surface area contributed by atoms with Crippen LogP contribution in [0.5, 0.6) is 0 Å². The highest BCUT2D eigenvalue weighted by Crippen LogP contribution is 2.24. The number of nitrogens with one attached hydrogen (secondary N) is 1. The molecule has 0 aliphatic heterocycles. The van der Waals surface area contributed by atoms with Crippen LogP contribution in [0.15, 0.2) is 42.5 Å². The standard InChI is InChI=1S/C17H19ClFN/c1-12-8-17(19)7-6-13(12)9-15(11-20-2)14-4-3-5-16(18)10-14/h3-8,10,15,20H,9,11H2,1-2H3. The van der Waals surface area contributed by atoms with Gasteiger partial charge >= 0.3 is 0 Å². The predicted molar refractivity (Wildman–Crippen MR) is 83.0 cm³/mol. The van der Waals surface area contributed by atoms with E-state index in [1.807, 2.05) is 38.2 Å². The normalized spacial score (nSPS) is 12.4. The van der Waals surface area contributed by atoms with Crippen LogP contribution in [-0.2, 0) is 6.42 Å². The summed E-state index contributed by atoms with van der Waals surface area (Å²) >= 11 is 6.07. The highest BCUT2D eigenvalue weighted by atomic mass is 35.5. The molecule has 0 aliphatic rings. The summed E-state index contributed by atoms with van der Waals surface area (Å²) in [6, 6.07) is 12.9. The Hall–Kier alpha value is -1.38. The van der Waals surface area contributed by atoms with E-state index in [4.69, 9.17) is 11.6 Å². The summed E-state index contributed by atoms with van der Waals surface area (Å²) < 4.78 is 13.2. The molecule has 1 N–H and O–H groups in total. The summed E-state index contributed by atoms with van der Waals surface area (Å²) in [7, 11) is 1.94. The van der Waals surface area contributed by atoms with Gasteiger partial charge in [0.05, 0.1) is 0 Å². The van der Waals surface area contributed by atoms with Crippen LogP contribution in [0, 0.1) is 12.7 Å². The van der Waals surface area contributed by atoms with Gasteiger partial charge < -0.3 is 5.32 Å². The second-order valence-electron chi connectivity index (χ2n) is 5.08. The Morgan fingerprint density at radius 3 is 2.65 bits per heavy atom. The topological polar surface area (TPSA) is 12.0 Å².